The van der Waals surface area contributed by atoms with Crippen LogP contribution in [0.5, 0.6) is 0 Å². The molecule has 0 atom stereocenters. The molecule has 0 saturated heterocycles. The summed E-state index contributed by atoms with van der Waals surface area (Å²) in [6, 6.07) is 6.53. The summed E-state index contributed by atoms with van der Waals surface area (Å²) in [5.41, 5.74) is 2.69. The Hall–Kier alpha value is -0.380. The monoisotopic (exact) mass is 325 g/mol. The van der Waals surface area contributed by atoms with Gasteiger partial charge in [-0.05, 0) is 56.7 Å². The molecule has 0 spiro atoms. The third-order valence-corrected chi connectivity index (χ3v) is 3.99. The van der Waals surface area contributed by atoms with Crippen LogP contribution >= 0.6 is 15.9 Å². The second-order valence-electron chi connectivity index (χ2n) is 6.49. The molecule has 2 rings (SSSR count). The largest absolute Gasteiger partial charge is 0.376 e. The van der Waals surface area contributed by atoms with Gasteiger partial charge in [-0.3, -0.25) is 0 Å². The SMILES string of the molecule is CC(C)(C)NCc1ccc(COCC2CC2)c(Br)c1. The van der Waals surface area contributed by atoms with Crippen LogP contribution in [0, 0.1) is 5.92 Å². The zero-order chi connectivity index (χ0) is 13.9. The molecule has 0 unspecified atom stereocenters. The van der Waals surface area contributed by atoms with Gasteiger partial charge in [0.25, 0.3) is 0 Å². The predicted molar refractivity (Wildman–Crippen MR) is 83.1 cm³/mol. The van der Waals surface area contributed by atoms with Crippen molar-refractivity contribution in [1.29, 1.82) is 0 Å². The first-order valence-electron chi connectivity index (χ1n) is 7.04. The van der Waals surface area contributed by atoms with Crippen molar-refractivity contribution in [3.63, 3.8) is 0 Å². The fraction of sp³-hybridized carbons (Fsp3) is 0.625. The molecule has 0 heterocycles. The maximum Gasteiger partial charge on any atom is 0.0727 e. The van der Waals surface area contributed by atoms with Gasteiger partial charge in [0.2, 0.25) is 0 Å². The molecule has 1 aliphatic rings. The van der Waals surface area contributed by atoms with Gasteiger partial charge in [-0.1, -0.05) is 28.1 Å². The van der Waals surface area contributed by atoms with Gasteiger partial charge in [0.15, 0.2) is 0 Å². The normalized spacial score (nSPS) is 15.8. The first kappa shape index (κ1) is 15.0. The van der Waals surface area contributed by atoms with Gasteiger partial charge >= 0.3 is 0 Å². The Kier molecular flexibility index (Phi) is 5.04. The van der Waals surface area contributed by atoms with E-state index in [2.05, 4.69) is 60.2 Å². The number of nitrogens with one attached hydrogen (secondary N) is 1. The predicted octanol–water partition coefficient (Wildman–Crippen LogP) is 4.26. The number of benzene rings is 1. The molecule has 19 heavy (non-hydrogen) atoms. The maximum absolute atomic E-state index is 5.73. The Balaban J connectivity index is 1.84. The van der Waals surface area contributed by atoms with E-state index in [1.54, 1.807) is 0 Å². The fourth-order valence-electron chi connectivity index (χ4n) is 1.81. The first-order valence-corrected chi connectivity index (χ1v) is 7.83. The summed E-state index contributed by atoms with van der Waals surface area (Å²) >= 11 is 3.64. The molecule has 106 valence electrons. The third-order valence-electron chi connectivity index (χ3n) is 3.25. The second kappa shape index (κ2) is 6.38. The standard InChI is InChI=1S/C16H24BrNO/c1-16(2,3)18-9-13-6-7-14(15(17)8-13)11-19-10-12-4-5-12/h6-8,12,18H,4-5,9-11H2,1-3H3. The minimum absolute atomic E-state index is 0.151. The number of rotatable bonds is 6. The summed E-state index contributed by atoms with van der Waals surface area (Å²) in [5, 5.41) is 3.50. The summed E-state index contributed by atoms with van der Waals surface area (Å²) in [6.45, 7) is 9.07. The highest BCUT2D eigenvalue weighted by atomic mass is 79.9. The fourth-order valence-corrected chi connectivity index (χ4v) is 2.35. The van der Waals surface area contributed by atoms with Gasteiger partial charge in [-0.2, -0.15) is 0 Å². The topological polar surface area (TPSA) is 21.3 Å². The van der Waals surface area contributed by atoms with Gasteiger partial charge in [0.1, 0.15) is 0 Å². The van der Waals surface area contributed by atoms with Gasteiger partial charge in [0.05, 0.1) is 6.61 Å². The highest BCUT2D eigenvalue weighted by Gasteiger charge is 2.21. The van der Waals surface area contributed by atoms with Gasteiger partial charge in [0, 0.05) is 23.2 Å². The van der Waals surface area contributed by atoms with Gasteiger partial charge in [-0.15, -0.1) is 0 Å². The molecule has 1 aromatic rings. The Morgan fingerprint density at radius 2 is 2.05 bits per heavy atom. The van der Waals surface area contributed by atoms with Crippen molar-refractivity contribution >= 4 is 15.9 Å². The highest BCUT2D eigenvalue weighted by Crippen LogP contribution is 2.29. The molecule has 1 saturated carbocycles. The summed E-state index contributed by atoms with van der Waals surface area (Å²) in [6.07, 6.45) is 2.69. The number of halogens is 1. The lowest BCUT2D eigenvalue weighted by Crippen LogP contribution is -2.35. The minimum atomic E-state index is 0.151. The molecule has 0 bridgehead atoms. The zero-order valence-electron chi connectivity index (χ0n) is 12.1. The van der Waals surface area contributed by atoms with Crippen LogP contribution in [0.25, 0.3) is 0 Å². The van der Waals surface area contributed by atoms with Crippen LogP contribution in [0.4, 0.5) is 0 Å². The highest BCUT2D eigenvalue weighted by molar-refractivity contribution is 9.10. The molecule has 0 radical (unpaired) electrons. The summed E-state index contributed by atoms with van der Waals surface area (Å²) in [7, 11) is 0. The van der Waals surface area contributed by atoms with E-state index >= 15 is 0 Å². The van der Waals surface area contributed by atoms with Crippen LogP contribution < -0.4 is 5.32 Å². The average molecular weight is 326 g/mol. The van der Waals surface area contributed by atoms with Crippen LogP contribution in [-0.4, -0.2) is 12.1 Å². The summed E-state index contributed by atoms with van der Waals surface area (Å²) < 4.78 is 6.88. The molecule has 1 aliphatic carbocycles. The van der Waals surface area contributed by atoms with Crippen molar-refractivity contribution in [2.24, 2.45) is 5.92 Å². The smallest absolute Gasteiger partial charge is 0.0727 e. The lowest BCUT2D eigenvalue weighted by molar-refractivity contribution is 0.111. The number of hydrogen-bond acceptors (Lipinski definition) is 2. The second-order valence-corrected chi connectivity index (χ2v) is 7.34. The van der Waals surface area contributed by atoms with Gasteiger partial charge < -0.3 is 10.1 Å². The lowest BCUT2D eigenvalue weighted by Gasteiger charge is -2.20. The molecule has 0 amide bonds. The summed E-state index contributed by atoms with van der Waals surface area (Å²) in [5.74, 6) is 0.828. The van der Waals surface area contributed by atoms with E-state index in [0.29, 0.717) is 6.61 Å². The number of hydrogen-bond donors (Lipinski definition) is 1. The van der Waals surface area contributed by atoms with Crippen LogP contribution in [0.1, 0.15) is 44.7 Å². The van der Waals surface area contributed by atoms with E-state index in [-0.39, 0.29) is 5.54 Å². The van der Waals surface area contributed by atoms with Crippen LogP contribution in [-0.2, 0) is 17.9 Å². The average Bonchev–Trinajstić information content (AvgIpc) is 3.12. The first-order chi connectivity index (χ1) is 8.94. The third kappa shape index (κ3) is 5.64. The van der Waals surface area contributed by atoms with E-state index < -0.39 is 0 Å². The molecule has 0 aromatic heterocycles. The van der Waals surface area contributed by atoms with E-state index in [4.69, 9.17) is 4.74 Å². The Morgan fingerprint density at radius 1 is 1.32 bits per heavy atom. The lowest BCUT2D eigenvalue weighted by atomic mass is 10.1. The van der Waals surface area contributed by atoms with E-state index in [1.807, 2.05) is 0 Å². The van der Waals surface area contributed by atoms with Crippen molar-refractivity contribution in [1.82, 2.24) is 5.32 Å². The summed E-state index contributed by atoms with van der Waals surface area (Å²) in [4.78, 5) is 0. The molecule has 1 aromatic carbocycles. The van der Waals surface area contributed by atoms with Crippen LogP contribution in [0.3, 0.4) is 0 Å². The molecule has 1 fully saturated rings. The molecule has 3 heteroatoms. The molecule has 0 aliphatic heterocycles. The van der Waals surface area contributed by atoms with E-state index in [1.165, 1.54) is 24.0 Å². The molecule has 1 N–H and O–H groups in total. The Bertz CT molecular complexity index is 421. The Morgan fingerprint density at radius 3 is 2.63 bits per heavy atom. The Labute approximate surface area is 125 Å². The quantitative estimate of drug-likeness (QED) is 0.843. The van der Waals surface area contributed by atoms with Crippen molar-refractivity contribution in [3.05, 3.63) is 33.8 Å². The maximum atomic E-state index is 5.73. The van der Waals surface area contributed by atoms with E-state index in [0.717, 1.165) is 23.5 Å². The van der Waals surface area contributed by atoms with Crippen molar-refractivity contribution in [2.75, 3.05) is 6.61 Å². The zero-order valence-corrected chi connectivity index (χ0v) is 13.7. The van der Waals surface area contributed by atoms with Crippen LogP contribution in [0.2, 0.25) is 0 Å². The van der Waals surface area contributed by atoms with Crippen molar-refractivity contribution in [3.8, 4) is 0 Å². The molecular weight excluding hydrogens is 302 g/mol. The number of ether oxygens (including phenoxy) is 1. The molecule has 2 nitrogen and oxygen atoms in total. The van der Waals surface area contributed by atoms with E-state index in [9.17, 15) is 0 Å². The molecular formula is C16H24BrNO. The minimum Gasteiger partial charge on any atom is -0.376 e. The van der Waals surface area contributed by atoms with Crippen molar-refractivity contribution < 1.29 is 4.74 Å². The van der Waals surface area contributed by atoms with Crippen LogP contribution in [0.15, 0.2) is 22.7 Å². The van der Waals surface area contributed by atoms with Gasteiger partial charge in [-0.25, -0.2) is 0 Å². The van der Waals surface area contributed by atoms with Crippen molar-refractivity contribution in [2.45, 2.75) is 52.3 Å².